The molecule has 1 heterocycles. The Balaban J connectivity index is 2.30. The predicted octanol–water partition coefficient (Wildman–Crippen LogP) is 6.16. The van der Waals surface area contributed by atoms with E-state index in [4.69, 9.17) is 34.8 Å². The van der Waals surface area contributed by atoms with Gasteiger partial charge in [-0.3, -0.25) is 0 Å². The fraction of sp³-hybridized carbons (Fsp3) is 0. The van der Waals surface area contributed by atoms with Gasteiger partial charge in [-0.25, -0.2) is 14.4 Å². The maximum atomic E-state index is 14.1. The van der Waals surface area contributed by atoms with Gasteiger partial charge in [0, 0.05) is 20.4 Å². The van der Waals surface area contributed by atoms with E-state index in [0.29, 0.717) is 25.5 Å². The topological polar surface area (TPSA) is 25.8 Å². The molecule has 7 heteroatoms. The molecule has 3 rings (SSSR count). The van der Waals surface area contributed by atoms with Crippen molar-refractivity contribution >= 4 is 61.6 Å². The van der Waals surface area contributed by atoms with Crippen molar-refractivity contribution in [3.05, 3.63) is 55.8 Å². The third-order valence-corrected chi connectivity index (χ3v) is 4.14. The van der Waals surface area contributed by atoms with Crippen molar-refractivity contribution in [1.82, 2.24) is 9.97 Å². The SMILES string of the molecule is Fc1cc(Br)cc2c(Cl)nc(-c3ccc(Cl)cc3Cl)nc12. The molecule has 0 amide bonds. The Morgan fingerprint density at radius 2 is 1.76 bits per heavy atom. The fourth-order valence-corrected chi connectivity index (χ4v) is 3.06. The van der Waals surface area contributed by atoms with Gasteiger partial charge in [0.05, 0.1) is 5.02 Å². The second-order valence-electron chi connectivity index (χ2n) is 4.25. The van der Waals surface area contributed by atoms with E-state index in [2.05, 4.69) is 25.9 Å². The van der Waals surface area contributed by atoms with Gasteiger partial charge in [0.25, 0.3) is 0 Å². The molecule has 0 unspecified atom stereocenters. The first-order valence-corrected chi connectivity index (χ1v) is 7.66. The third kappa shape index (κ3) is 2.86. The smallest absolute Gasteiger partial charge is 0.163 e. The second-order valence-corrected chi connectivity index (χ2v) is 6.36. The summed E-state index contributed by atoms with van der Waals surface area (Å²) in [6, 6.07) is 7.87. The number of rotatable bonds is 1. The van der Waals surface area contributed by atoms with Crippen LogP contribution in [0.25, 0.3) is 22.3 Å². The molecule has 21 heavy (non-hydrogen) atoms. The lowest BCUT2D eigenvalue weighted by atomic mass is 10.2. The summed E-state index contributed by atoms with van der Waals surface area (Å²) in [5, 5.41) is 1.44. The summed E-state index contributed by atoms with van der Waals surface area (Å²) >= 11 is 21.3. The van der Waals surface area contributed by atoms with E-state index in [0.717, 1.165) is 0 Å². The van der Waals surface area contributed by atoms with Crippen LogP contribution in [0.4, 0.5) is 4.39 Å². The summed E-state index contributed by atoms with van der Waals surface area (Å²) in [5.74, 6) is -0.245. The van der Waals surface area contributed by atoms with Crippen LogP contribution in [0.5, 0.6) is 0 Å². The largest absolute Gasteiger partial charge is 0.225 e. The highest BCUT2D eigenvalue weighted by Crippen LogP contribution is 2.32. The minimum Gasteiger partial charge on any atom is -0.225 e. The van der Waals surface area contributed by atoms with Crippen LogP contribution >= 0.6 is 50.7 Å². The minimum absolute atomic E-state index is 0.138. The highest BCUT2D eigenvalue weighted by atomic mass is 79.9. The van der Waals surface area contributed by atoms with Crippen LogP contribution in [0.1, 0.15) is 0 Å². The lowest BCUT2D eigenvalue weighted by Gasteiger charge is -2.07. The molecular weight excluding hydrogens is 401 g/mol. The van der Waals surface area contributed by atoms with E-state index in [-0.39, 0.29) is 16.5 Å². The molecule has 0 bridgehead atoms. The number of hydrogen-bond acceptors (Lipinski definition) is 2. The van der Waals surface area contributed by atoms with Crippen molar-refractivity contribution < 1.29 is 4.39 Å². The van der Waals surface area contributed by atoms with E-state index in [9.17, 15) is 4.39 Å². The van der Waals surface area contributed by atoms with E-state index in [1.54, 1.807) is 24.3 Å². The van der Waals surface area contributed by atoms with E-state index < -0.39 is 5.82 Å². The third-order valence-electron chi connectivity index (χ3n) is 2.84. The second kappa shape index (κ2) is 5.69. The number of fused-ring (bicyclic) bond motifs is 1. The van der Waals surface area contributed by atoms with Crippen LogP contribution in [0.3, 0.4) is 0 Å². The minimum atomic E-state index is -0.491. The number of aromatic nitrogens is 2. The molecule has 0 N–H and O–H groups in total. The molecule has 0 atom stereocenters. The molecule has 106 valence electrons. The van der Waals surface area contributed by atoms with Gasteiger partial charge in [0.1, 0.15) is 10.7 Å². The summed E-state index contributed by atoms with van der Waals surface area (Å²) in [4.78, 5) is 8.40. The average Bonchev–Trinajstić information content (AvgIpc) is 2.40. The molecule has 1 aromatic heterocycles. The summed E-state index contributed by atoms with van der Waals surface area (Å²) in [6.07, 6.45) is 0. The van der Waals surface area contributed by atoms with Crippen molar-refractivity contribution in [3.8, 4) is 11.4 Å². The van der Waals surface area contributed by atoms with Gasteiger partial charge in [-0.15, -0.1) is 0 Å². The van der Waals surface area contributed by atoms with Gasteiger partial charge >= 0.3 is 0 Å². The van der Waals surface area contributed by atoms with Crippen LogP contribution in [-0.2, 0) is 0 Å². The maximum Gasteiger partial charge on any atom is 0.163 e. The zero-order chi connectivity index (χ0) is 15.1. The first-order chi connectivity index (χ1) is 9.95. The van der Waals surface area contributed by atoms with Crippen molar-refractivity contribution in [3.63, 3.8) is 0 Å². The number of nitrogens with zero attached hydrogens (tertiary/aromatic N) is 2. The monoisotopic (exact) mass is 404 g/mol. The number of hydrogen-bond donors (Lipinski definition) is 0. The Morgan fingerprint density at radius 1 is 1.00 bits per heavy atom. The molecule has 0 aliphatic heterocycles. The van der Waals surface area contributed by atoms with Gasteiger partial charge in [0.15, 0.2) is 11.6 Å². The van der Waals surface area contributed by atoms with Gasteiger partial charge < -0.3 is 0 Å². The van der Waals surface area contributed by atoms with Crippen LogP contribution in [0, 0.1) is 5.82 Å². The normalized spacial score (nSPS) is 11.1. The summed E-state index contributed by atoms with van der Waals surface area (Å²) in [5.41, 5.74) is 0.673. The van der Waals surface area contributed by atoms with Gasteiger partial charge in [-0.1, -0.05) is 50.7 Å². The van der Waals surface area contributed by atoms with Crippen molar-refractivity contribution in [1.29, 1.82) is 0 Å². The van der Waals surface area contributed by atoms with Crippen LogP contribution < -0.4 is 0 Å². The molecule has 0 fully saturated rings. The molecule has 0 radical (unpaired) electrons. The fourth-order valence-electron chi connectivity index (χ4n) is 1.91. The van der Waals surface area contributed by atoms with Crippen LogP contribution in [0.15, 0.2) is 34.8 Å². The highest BCUT2D eigenvalue weighted by Gasteiger charge is 2.14. The molecule has 0 aliphatic carbocycles. The average molecular weight is 406 g/mol. The van der Waals surface area contributed by atoms with Crippen LogP contribution in [0.2, 0.25) is 15.2 Å². The molecule has 0 aliphatic rings. The van der Waals surface area contributed by atoms with E-state index in [1.807, 2.05) is 0 Å². The Labute approximate surface area is 143 Å². The van der Waals surface area contributed by atoms with Gasteiger partial charge in [-0.05, 0) is 30.3 Å². The molecule has 0 spiro atoms. The first-order valence-electron chi connectivity index (χ1n) is 5.73. The van der Waals surface area contributed by atoms with Crippen molar-refractivity contribution in [2.45, 2.75) is 0 Å². The lowest BCUT2D eigenvalue weighted by molar-refractivity contribution is 0.636. The number of benzene rings is 2. The Morgan fingerprint density at radius 3 is 2.48 bits per heavy atom. The lowest BCUT2D eigenvalue weighted by Crippen LogP contribution is -1.95. The van der Waals surface area contributed by atoms with Crippen molar-refractivity contribution in [2.24, 2.45) is 0 Å². The summed E-state index contributed by atoms with van der Waals surface area (Å²) in [7, 11) is 0. The number of halogens is 5. The molecule has 2 nitrogen and oxygen atoms in total. The summed E-state index contributed by atoms with van der Waals surface area (Å²) in [6.45, 7) is 0. The molecule has 3 aromatic rings. The van der Waals surface area contributed by atoms with E-state index in [1.165, 1.54) is 6.07 Å². The maximum absolute atomic E-state index is 14.1. The van der Waals surface area contributed by atoms with Crippen LogP contribution in [-0.4, -0.2) is 9.97 Å². The Hall–Kier alpha value is -0.940. The molecule has 0 saturated heterocycles. The zero-order valence-electron chi connectivity index (χ0n) is 10.2. The Bertz CT molecular complexity index is 870. The highest BCUT2D eigenvalue weighted by molar-refractivity contribution is 9.10. The predicted molar refractivity (Wildman–Crippen MR) is 87.7 cm³/mol. The molecule has 0 saturated carbocycles. The quantitative estimate of drug-likeness (QED) is 0.453. The standard InChI is InChI=1S/C14H5BrCl3FN2/c15-6-3-9-12(11(19)4-6)20-14(21-13(9)18)8-2-1-7(16)5-10(8)17/h1-5H. The molecule has 2 aromatic carbocycles. The van der Waals surface area contributed by atoms with Gasteiger partial charge in [0.2, 0.25) is 0 Å². The Kier molecular flexibility index (Phi) is 4.06. The zero-order valence-corrected chi connectivity index (χ0v) is 14.0. The van der Waals surface area contributed by atoms with Crippen molar-refractivity contribution in [2.75, 3.05) is 0 Å². The van der Waals surface area contributed by atoms with Gasteiger partial charge in [-0.2, -0.15) is 0 Å². The summed E-state index contributed by atoms with van der Waals surface area (Å²) < 4.78 is 14.6. The molecular formula is C14H5BrCl3FN2. The first kappa shape index (κ1) is 15.0. The van der Waals surface area contributed by atoms with E-state index >= 15 is 0 Å².